The minimum absolute atomic E-state index is 0.134. The highest BCUT2D eigenvalue weighted by Gasteiger charge is 2.44. The predicted octanol–water partition coefficient (Wildman–Crippen LogP) is -2.05. The van der Waals surface area contributed by atoms with Crippen LogP contribution in [0.3, 0.4) is 0 Å². The van der Waals surface area contributed by atoms with Gasteiger partial charge in [-0.25, -0.2) is 0 Å². The van der Waals surface area contributed by atoms with Crippen molar-refractivity contribution in [2.75, 3.05) is 19.8 Å². The average Bonchev–Trinajstić information content (AvgIpc) is 2.60. The average molecular weight is 343 g/mol. The van der Waals surface area contributed by atoms with Crippen LogP contribution in [0.2, 0.25) is 0 Å². The van der Waals surface area contributed by atoms with E-state index in [0.717, 1.165) is 5.56 Å². The van der Waals surface area contributed by atoms with Gasteiger partial charge in [0.05, 0.1) is 19.3 Å². The van der Waals surface area contributed by atoms with Crippen LogP contribution in [0.5, 0.6) is 0 Å². The molecule has 1 saturated heterocycles. The Hall–Kier alpha value is -1.10. The van der Waals surface area contributed by atoms with Gasteiger partial charge in [0.15, 0.2) is 6.29 Å². The van der Waals surface area contributed by atoms with E-state index >= 15 is 0 Å². The Balaban J connectivity index is 1.71. The van der Waals surface area contributed by atoms with E-state index in [1.54, 1.807) is 0 Å². The summed E-state index contributed by atoms with van der Waals surface area (Å²) in [4.78, 5) is 0. The maximum Gasteiger partial charge on any atom is 0.186 e. The fourth-order valence-corrected chi connectivity index (χ4v) is 2.45. The molecule has 1 unspecified atom stereocenters. The molecule has 0 amide bonds. The van der Waals surface area contributed by atoms with Gasteiger partial charge < -0.3 is 40.3 Å². The summed E-state index contributed by atoms with van der Waals surface area (Å²) in [6.07, 6.45) is -7.49. The zero-order chi connectivity index (χ0) is 17.5. The van der Waals surface area contributed by atoms with Gasteiger partial charge in [-0.3, -0.25) is 0 Å². The molecule has 8 heteroatoms. The number of nitrogens with one attached hydrogen (secondary N) is 1. The molecule has 1 aliphatic heterocycles. The van der Waals surface area contributed by atoms with Crippen molar-refractivity contribution in [1.82, 2.24) is 5.32 Å². The van der Waals surface area contributed by atoms with Crippen molar-refractivity contribution in [3.63, 3.8) is 0 Å². The van der Waals surface area contributed by atoms with E-state index in [1.807, 2.05) is 30.3 Å². The van der Waals surface area contributed by atoms with E-state index in [1.165, 1.54) is 0 Å². The second-order valence-electron chi connectivity index (χ2n) is 5.80. The van der Waals surface area contributed by atoms with Crippen molar-refractivity contribution in [3.05, 3.63) is 35.9 Å². The Bertz CT molecular complexity index is 473. The molecule has 0 bridgehead atoms. The summed E-state index contributed by atoms with van der Waals surface area (Å²) in [6, 6.07) is 9.70. The molecule has 1 heterocycles. The van der Waals surface area contributed by atoms with Gasteiger partial charge in [0.2, 0.25) is 0 Å². The summed E-state index contributed by atoms with van der Waals surface area (Å²) in [5, 5.41) is 51.2. The molecule has 6 atom stereocenters. The summed E-state index contributed by atoms with van der Waals surface area (Å²) in [6.45, 7) is 0.209. The molecular weight excluding hydrogens is 318 g/mol. The molecule has 0 radical (unpaired) electrons. The highest BCUT2D eigenvalue weighted by Crippen LogP contribution is 2.21. The van der Waals surface area contributed by atoms with Crippen molar-refractivity contribution >= 4 is 0 Å². The number of aliphatic hydroxyl groups excluding tert-OH is 5. The summed E-state index contributed by atoms with van der Waals surface area (Å²) in [5.41, 5.74) is 1.08. The molecule has 136 valence electrons. The topological polar surface area (TPSA) is 132 Å². The molecule has 8 nitrogen and oxygen atoms in total. The molecule has 0 aromatic heterocycles. The third kappa shape index (κ3) is 5.20. The molecule has 1 fully saturated rings. The monoisotopic (exact) mass is 343 g/mol. The highest BCUT2D eigenvalue weighted by molar-refractivity contribution is 5.14. The number of hydrogen-bond acceptors (Lipinski definition) is 8. The first kappa shape index (κ1) is 19.2. The zero-order valence-corrected chi connectivity index (χ0v) is 13.2. The Morgan fingerprint density at radius 1 is 1.08 bits per heavy atom. The highest BCUT2D eigenvalue weighted by atomic mass is 16.7. The molecule has 0 spiro atoms. The lowest BCUT2D eigenvalue weighted by Crippen LogP contribution is -2.59. The second kappa shape index (κ2) is 9.40. The third-order valence-electron chi connectivity index (χ3n) is 3.85. The standard InChI is InChI=1S/C16H25NO7/c18-8-12-13(20)14(21)15(22)16(24-12)23-9-11(19)7-17-6-10-4-2-1-3-5-10/h1-5,11-22H,6-9H2/t11?,12-,13+,14+,15-,16-/m1/s1. The fourth-order valence-electron chi connectivity index (χ4n) is 2.45. The molecule has 1 aromatic carbocycles. The summed E-state index contributed by atoms with van der Waals surface area (Å²) in [7, 11) is 0. The minimum Gasteiger partial charge on any atom is -0.394 e. The second-order valence-corrected chi connectivity index (χ2v) is 5.80. The van der Waals surface area contributed by atoms with E-state index in [4.69, 9.17) is 14.6 Å². The van der Waals surface area contributed by atoms with Crippen LogP contribution in [-0.2, 0) is 16.0 Å². The lowest BCUT2D eigenvalue weighted by atomic mass is 9.99. The number of rotatable bonds is 8. The largest absolute Gasteiger partial charge is 0.394 e. The maximum atomic E-state index is 9.90. The summed E-state index contributed by atoms with van der Waals surface area (Å²) in [5.74, 6) is 0. The number of aliphatic hydroxyl groups is 5. The number of hydrogen-bond donors (Lipinski definition) is 6. The van der Waals surface area contributed by atoms with Crippen LogP contribution in [0.1, 0.15) is 5.56 Å². The van der Waals surface area contributed by atoms with Gasteiger partial charge in [-0.15, -0.1) is 0 Å². The summed E-state index contributed by atoms with van der Waals surface area (Å²) >= 11 is 0. The van der Waals surface area contributed by atoms with Crippen LogP contribution in [0.25, 0.3) is 0 Å². The van der Waals surface area contributed by atoms with E-state index in [-0.39, 0.29) is 13.2 Å². The van der Waals surface area contributed by atoms with Crippen LogP contribution < -0.4 is 5.32 Å². The molecule has 1 aromatic rings. The third-order valence-corrected chi connectivity index (χ3v) is 3.85. The van der Waals surface area contributed by atoms with Crippen LogP contribution >= 0.6 is 0 Å². The lowest BCUT2D eigenvalue weighted by Gasteiger charge is -2.39. The van der Waals surface area contributed by atoms with Gasteiger partial charge in [0.1, 0.15) is 24.4 Å². The van der Waals surface area contributed by atoms with E-state index in [0.29, 0.717) is 6.54 Å². The van der Waals surface area contributed by atoms with Gasteiger partial charge in [0, 0.05) is 13.1 Å². The van der Waals surface area contributed by atoms with Crippen molar-refractivity contribution in [2.45, 2.75) is 43.4 Å². The van der Waals surface area contributed by atoms with E-state index < -0.39 is 43.4 Å². The Kier molecular flexibility index (Phi) is 7.53. The van der Waals surface area contributed by atoms with Crippen LogP contribution in [-0.4, -0.2) is 82.1 Å². The van der Waals surface area contributed by atoms with Crippen molar-refractivity contribution < 1.29 is 35.0 Å². The molecule has 0 saturated carbocycles. The molecular formula is C16H25NO7. The molecule has 24 heavy (non-hydrogen) atoms. The SMILES string of the molecule is OC[C@H]1O[C@@H](OCC(O)CNCc2ccccc2)[C@H](O)[C@@H](O)[C@H]1O. The van der Waals surface area contributed by atoms with Gasteiger partial charge in [-0.1, -0.05) is 30.3 Å². The van der Waals surface area contributed by atoms with Crippen LogP contribution in [0, 0.1) is 0 Å². The van der Waals surface area contributed by atoms with Crippen molar-refractivity contribution in [1.29, 1.82) is 0 Å². The normalized spacial score (nSPS) is 31.8. The molecule has 0 aliphatic carbocycles. The van der Waals surface area contributed by atoms with Crippen LogP contribution in [0.15, 0.2) is 30.3 Å². The molecule has 1 aliphatic rings. The first-order chi connectivity index (χ1) is 11.5. The number of ether oxygens (including phenoxy) is 2. The van der Waals surface area contributed by atoms with E-state index in [9.17, 15) is 20.4 Å². The van der Waals surface area contributed by atoms with Gasteiger partial charge in [0.25, 0.3) is 0 Å². The quantitative estimate of drug-likeness (QED) is 0.318. The molecule has 6 N–H and O–H groups in total. The maximum absolute atomic E-state index is 9.90. The number of benzene rings is 1. The Morgan fingerprint density at radius 2 is 1.79 bits per heavy atom. The Morgan fingerprint density at radius 3 is 2.46 bits per heavy atom. The minimum atomic E-state index is -1.49. The van der Waals surface area contributed by atoms with Crippen molar-refractivity contribution in [2.24, 2.45) is 0 Å². The fraction of sp³-hybridized carbons (Fsp3) is 0.625. The summed E-state index contributed by atoms with van der Waals surface area (Å²) < 4.78 is 10.5. The van der Waals surface area contributed by atoms with Crippen LogP contribution in [0.4, 0.5) is 0 Å². The Labute approximate surface area is 140 Å². The van der Waals surface area contributed by atoms with Gasteiger partial charge >= 0.3 is 0 Å². The van der Waals surface area contributed by atoms with Gasteiger partial charge in [-0.05, 0) is 5.56 Å². The first-order valence-electron chi connectivity index (χ1n) is 7.87. The predicted molar refractivity (Wildman–Crippen MR) is 83.9 cm³/mol. The lowest BCUT2D eigenvalue weighted by molar-refractivity contribution is -0.304. The van der Waals surface area contributed by atoms with E-state index in [2.05, 4.69) is 5.32 Å². The molecule has 2 rings (SSSR count). The van der Waals surface area contributed by atoms with Crippen molar-refractivity contribution in [3.8, 4) is 0 Å². The zero-order valence-electron chi connectivity index (χ0n) is 13.2. The first-order valence-corrected chi connectivity index (χ1v) is 7.87. The smallest absolute Gasteiger partial charge is 0.186 e. The van der Waals surface area contributed by atoms with Gasteiger partial charge in [-0.2, -0.15) is 0 Å².